The molecule has 1 fully saturated rings. The van der Waals surface area contributed by atoms with Crippen molar-refractivity contribution >= 4 is 0 Å². The van der Waals surface area contributed by atoms with Crippen LogP contribution in [0.25, 0.3) is 0 Å². The van der Waals surface area contributed by atoms with E-state index in [1.165, 1.54) is 31.2 Å². The number of ether oxygens (including phenoxy) is 1. The van der Waals surface area contributed by atoms with Gasteiger partial charge >= 0.3 is 0 Å². The molecule has 1 unspecified atom stereocenters. The van der Waals surface area contributed by atoms with Gasteiger partial charge in [-0.25, -0.2) is 0 Å². The molecule has 2 N–H and O–H groups in total. The zero-order chi connectivity index (χ0) is 12.5. The van der Waals surface area contributed by atoms with Crippen LogP contribution < -0.4 is 10.1 Å². The summed E-state index contributed by atoms with van der Waals surface area (Å²) < 4.78 is 5.63. The zero-order valence-electron chi connectivity index (χ0n) is 10.9. The highest BCUT2D eigenvalue weighted by molar-refractivity contribution is 5.44. The molecule has 1 aliphatic heterocycles. The number of hydrogen-bond acceptors (Lipinski definition) is 3. The fraction of sp³-hybridized carbons (Fsp3) is 0.600. The standard InChI is InChI=1S/C15H21NO2/c1-10(11-4-2-3-5-11)16-14-9-18-15-8-12(17)6-7-13(14)15/h6-8,10-11,14,16-17H,2-5,9H2,1H3/t10-,14?/m0/s1. The molecule has 1 aromatic rings. The minimum absolute atomic E-state index is 0.274. The van der Waals surface area contributed by atoms with Gasteiger partial charge in [-0.2, -0.15) is 0 Å². The fourth-order valence-electron chi connectivity index (χ4n) is 3.25. The fourth-order valence-corrected chi connectivity index (χ4v) is 3.25. The molecule has 3 rings (SSSR count). The highest BCUT2D eigenvalue weighted by Gasteiger charge is 2.29. The third-order valence-corrected chi connectivity index (χ3v) is 4.35. The molecule has 18 heavy (non-hydrogen) atoms. The second-order valence-corrected chi connectivity index (χ2v) is 5.59. The lowest BCUT2D eigenvalue weighted by atomic mass is 9.98. The van der Waals surface area contributed by atoms with Crippen LogP contribution in [0.1, 0.15) is 44.2 Å². The Bertz CT molecular complexity index is 427. The Morgan fingerprint density at radius 3 is 2.89 bits per heavy atom. The second kappa shape index (κ2) is 4.81. The quantitative estimate of drug-likeness (QED) is 0.862. The van der Waals surface area contributed by atoms with Gasteiger partial charge in [-0.1, -0.05) is 12.8 Å². The van der Waals surface area contributed by atoms with Crippen LogP contribution in [0.15, 0.2) is 18.2 Å². The van der Waals surface area contributed by atoms with Crippen molar-refractivity contribution < 1.29 is 9.84 Å². The lowest BCUT2D eigenvalue weighted by Gasteiger charge is -2.24. The Morgan fingerprint density at radius 1 is 1.33 bits per heavy atom. The summed E-state index contributed by atoms with van der Waals surface area (Å²) in [7, 11) is 0. The highest BCUT2D eigenvalue weighted by Crippen LogP contribution is 2.36. The van der Waals surface area contributed by atoms with Gasteiger partial charge in [-0.3, -0.25) is 0 Å². The molecule has 2 atom stereocenters. The molecule has 0 radical (unpaired) electrons. The van der Waals surface area contributed by atoms with Gasteiger partial charge in [-0.05, 0) is 37.8 Å². The summed E-state index contributed by atoms with van der Waals surface area (Å²) in [6.45, 7) is 2.96. The predicted octanol–water partition coefficient (Wildman–Crippen LogP) is 2.99. The van der Waals surface area contributed by atoms with E-state index in [0.717, 1.165) is 11.7 Å². The summed E-state index contributed by atoms with van der Waals surface area (Å²) in [6.07, 6.45) is 5.46. The van der Waals surface area contributed by atoms with Gasteiger partial charge in [0.25, 0.3) is 0 Å². The van der Waals surface area contributed by atoms with Crippen molar-refractivity contribution in [3.8, 4) is 11.5 Å². The maximum Gasteiger partial charge on any atom is 0.127 e. The first-order valence-electron chi connectivity index (χ1n) is 6.96. The van der Waals surface area contributed by atoms with Gasteiger partial charge in [0.2, 0.25) is 0 Å². The molecule has 98 valence electrons. The normalized spacial score (nSPS) is 24.8. The van der Waals surface area contributed by atoms with Gasteiger partial charge in [-0.15, -0.1) is 0 Å². The van der Waals surface area contributed by atoms with Crippen LogP contribution in [-0.4, -0.2) is 17.8 Å². The smallest absolute Gasteiger partial charge is 0.127 e. The number of rotatable bonds is 3. The van der Waals surface area contributed by atoms with Crippen molar-refractivity contribution in [2.75, 3.05) is 6.61 Å². The lowest BCUT2D eigenvalue weighted by molar-refractivity contribution is 0.275. The Kier molecular flexibility index (Phi) is 3.16. The average molecular weight is 247 g/mol. The summed E-state index contributed by atoms with van der Waals surface area (Å²) in [5.74, 6) is 1.91. The van der Waals surface area contributed by atoms with Gasteiger partial charge in [0.15, 0.2) is 0 Å². The molecule has 3 nitrogen and oxygen atoms in total. The second-order valence-electron chi connectivity index (χ2n) is 5.59. The summed E-state index contributed by atoms with van der Waals surface area (Å²) in [6, 6.07) is 6.23. The number of fused-ring (bicyclic) bond motifs is 1. The lowest BCUT2D eigenvalue weighted by Crippen LogP contribution is -2.36. The number of benzene rings is 1. The summed E-state index contributed by atoms with van der Waals surface area (Å²) in [5, 5.41) is 13.1. The van der Waals surface area contributed by atoms with E-state index < -0.39 is 0 Å². The van der Waals surface area contributed by atoms with E-state index in [0.29, 0.717) is 12.6 Å². The molecule has 0 saturated heterocycles. The number of aromatic hydroxyl groups is 1. The topological polar surface area (TPSA) is 41.5 Å². The highest BCUT2D eigenvalue weighted by atomic mass is 16.5. The van der Waals surface area contributed by atoms with Crippen molar-refractivity contribution in [1.29, 1.82) is 0 Å². The number of phenols is 1. The van der Waals surface area contributed by atoms with Crippen molar-refractivity contribution in [2.24, 2.45) is 5.92 Å². The van der Waals surface area contributed by atoms with E-state index >= 15 is 0 Å². The van der Waals surface area contributed by atoms with Crippen molar-refractivity contribution in [2.45, 2.75) is 44.7 Å². The van der Waals surface area contributed by atoms with Crippen molar-refractivity contribution in [3.63, 3.8) is 0 Å². The van der Waals surface area contributed by atoms with Crippen LogP contribution in [0.4, 0.5) is 0 Å². The third kappa shape index (κ3) is 2.19. The van der Waals surface area contributed by atoms with Crippen LogP contribution in [0.3, 0.4) is 0 Å². The SMILES string of the molecule is C[C@H](NC1COc2cc(O)ccc21)C1CCCC1. The zero-order valence-corrected chi connectivity index (χ0v) is 10.9. The first kappa shape index (κ1) is 11.8. The molecule has 1 aliphatic carbocycles. The van der Waals surface area contributed by atoms with E-state index in [2.05, 4.69) is 12.2 Å². The molecule has 0 amide bonds. The minimum Gasteiger partial charge on any atom is -0.508 e. The number of phenolic OH excluding ortho intramolecular Hbond substituents is 1. The summed E-state index contributed by atoms with van der Waals surface area (Å²) in [5.41, 5.74) is 1.18. The largest absolute Gasteiger partial charge is 0.508 e. The van der Waals surface area contributed by atoms with Gasteiger partial charge in [0, 0.05) is 17.7 Å². The van der Waals surface area contributed by atoms with E-state index in [1.54, 1.807) is 12.1 Å². The Morgan fingerprint density at radius 2 is 2.11 bits per heavy atom. The van der Waals surface area contributed by atoms with E-state index in [-0.39, 0.29) is 11.8 Å². The average Bonchev–Trinajstić information content (AvgIpc) is 2.98. The molecule has 1 saturated carbocycles. The summed E-state index contributed by atoms with van der Waals surface area (Å²) >= 11 is 0. The maximum absolute atomic E-state index is 9.44. The molecule has 0 bridgehead atoms. The van der Waals surface area contributed by atoms with Gasteiger partial charge < -0.3 is 15.2 Å². The Labute approximate surface area is 108 Å². The van der Waals surface area contributed by atoms with Crippen molar-refractivity contribution in [3.05, 3.63) is 23.8 Å². The molecule has 0 spiro atoms. The van der Waals surface area contributed by atoms with E-state index in [4.69, 9.17) is 4.74 Å². The molecule has 2 aliphatic rings. The molecule has 1 aromatic carbocycles. The maximum atomic E-state index is 9.44. The molecule has 1 heterocycles. The first-order chi connectivity index (χ1) is 8.74. The van der Waals surface area contributed by atoms with Crippen LogP contribution in [0.5, 0.6) is 11.5 Å². The minimum atomic E-state index is 0.274. The first-order valence-corrected chi connectivity index (χ1v) is 6.96. The van der Waals surface area contributed by atoms with Gasteiger partial charge in [0.05, 0.1) is 6.04 Å². The molecule has 3 heteroatoms. The van der Waals surface area contributed by atoms with E-state index in [1.807, 2.05) is 6.07 Å². The monoisotopic (exact) mass is 247 g/mol. The van der Waals surface area contributed by atoms with Crippen LogP contribution in [-0.2, 0) is 0 Å². The third-order valence-electron chi connectivity index (χ3n) is 4.35. The molecule has 0 aromatic heterocycles. The van der Waals surface area contributed by atoms with Crippen molar-refractivity contribution in [1.82, 2.24) is 5.32 Å². The van der Waals surface area contributed by atoms with Gasteiger partial charge in [0.1, 0.15) is 18.1 Å². The number of nitrogens with one attached hydrogen (secondary N) is 1. The van der Waals surface area contributed by atoms with E-state index in [9.17, 15) is 5.11 Å². The predicted molar refractivity (Wildman–Crippen MR) is 70.9 cm³/mol. The van der Waals surface area contributed by atoms with Crippen LogP contribution in [0.2, 0.25) is 0 Å². The Hall–Kier alpha value is -1.22. The molecular formula is C15H21NO2. The van der Waals surface area contributed by atoms with Crippen LogP contribution in [0, 0.1) is 5.92 Å². The van der Waals surface area contributed by atoms with Crippen LogP contribution >= 0.6 is 0 Å². The number of hydrogen-bond donors (Lipinski definition) is 2. The summed E-state index contributed by atoms with van der Waals surface area (Å²) in [4.78, 5) is 0. The molecular weight excluding hydrogens is 226 g/mol. The Balaban J connectivity index is 1.68.